The van der Waals surface area contributed by atoms with Crippen molar-refractivity contribution >= 4 is 87.4 Å². The molecule has 0 saturated heterocycles. The maximum absolute atomic E-state index is 13.6. The zero-order valence-corrected chi connectivity index (χ0v) is 37.2. The van der Waals surface area contributed by atoms with Crippen LogP contribution in [0.4, 0.5) is 18.9 Å². The zero-order valence-electron chi connectivity index (χ0n) is 35.1. The molecule has 0 aromatic heterocycles. The van der Waals surface area contributed by atoms with Crippen LogP contribution >= 0.6 is 22.6 Å². The third-order valence-corrected chi connectivity index (χ3v) is 8.75. The number of hydrogen-bond acceptors (Lipinski definition) is 12. The van der Waals surface area contributed by atoms with Crippen molar-refractivity contribution in [2.45, 2.75) is 129 Å². The van der Waals surface area contributed by atoms with Gasteiger partial charge in [-0.3, -0.25) is 48.1 Å². The molecule has 0 unspecified atom stereocenters. The lowest BCUT2D eigenvalue weighted by molar-refractivity contribution is -0.192. The number of nitrogens with one attached hydrogen (secondary N) is 7. The average Bonchev–Trinajstić information content (AvgIpc) is 3.14. The number of nitrogens with two attached hydrogens (primary N) is 2. The van der Waals surface area contributed by atoms with Gasteiger partial charge in [0.1, 0.15) is 42.3 Å². The first kappa shape index (κ1) is 55.6. The second-order valence-corrected chi connectivity index (χ2v) is 15.6. The van der Waals surface area contributed by atoms with Crippen LogP contribution in [0.1, 0.15) is 69.2 Å². The molecule has 1 rings (SSSR count). The molecule has 342 valence electrons. The van der Waals surface area contributed by atoms with Crippen LogP contribution < -0.4 is 48.7 Å². The number of hydrogen-bond donors (Lipinski definition) is 10. The van der Waals surface area contributed by atoms with Crippen LogP contribution in [0.3, 0.4) is 0 Å². The number of benzene rings is 1. The third kappa shape index (κ3) is 19.2. The summed E-state index contributed by atoms with van der Waals surface area (Å²) < 4.78 is 32.7. The number of halogens is 4. The van der Waals surface area contributed by atoms with E-state index in [0.29, 0.717) is 10.6 Å². The van der Waals surface area contributed by atoms with E-state index in [2.05, 4.69) is 59.8 Å². The summed E-state index contributed by atoms with van der Waals surface area (Å²) in [6, 6.07) is -2.35. The number of carbonyl (C=O) groups is 10. The van der Waals surface area contributed by atoms with Crippen LogP contribution in [0.2, 0.25) is 0 Å². The minimum Gasteiger partial charge on any atom is -0.475 e. The Kier molecular flexibility index (Phi) is 22.0. The Morgan fingerprint density at radius 3 is 1.16 bits per heavy atom. The molecular formula is C36H54F3IN10O11. The van der Waals surface area contributed by atoms with Crippen molar-refractivity contribution in [1.29, 1.82) is 0 Å². The quantitative estimate of drug-likeness (QED) is 0.0815. The largest absolute Gasteiger partial charge is 0.490 e. The van der Waals surface area contributed by atoms with Gasteiger partial charge in [-0.05, 0) is 116 Å². The first-order valence-electron chi connectivity index (χ1n) is 18.3. The number of aliphatic carboxylic acids is 1. The molecule has 12 N–H and O–H groups in total. The SMILES string of the molecule is C[C@H](N)C(=O)N[C@@H](C)C(=O)N[C@@H](C)C(=O)N[C@@H](C)C(=O)N[C@@H](C)C(=O)N[C@@H](C)C(=O)N[C@@H](C)C(=O)N(C(=O)C(C)(C)N)[C@@H](C)C(=O)Nc1ccc(I)cc1.O=C(O)C(F)(F)F. The lowest BCUT2D eigenvalue weighted by Gasteiger charge is -2.33. The van der Waals surface area contributed by atoms with Crippen LogP contribution in [0.25, 0.3) is 0 Å². The smallest absolute Gasteiger partial charge is 0.475 e. The predicted molar refractivity (Wildman–Crippen MR) is 220 cm³/mol. The van der Waals surface area contributed by atoms with Crippen LogP contribution in [0, 0.1) is 3.57 Å². The van der Waals surface area contributed by atoms with Crippen molar-refractivity contribution in [3.8, 4) is 0 Å². The standard InChI is InChI=1S/C34H53IN10O9.C2HF3O2/c1-15(36)25(46)38-16(2)26(47)39-17(3)27(48)40-18(4)28(49)41-19(5)29(50)42-20(6)30(51)43-21(7)32(53)45(33(54)34(9,10)37)22(8)31(52)44-24-13-11-23(35)12-14-24;3-2(4,5)1(6)7/h11-22H,36-37H2,1-10H3,(H,38,46)(H,39,47)(H,40,48)(H,41,49)(H,42,50)(H,43,51)(H,44,52);(H,6,7)/t15-,16-,17-,18-,19-,20-,21-,22-;/m0./s1. The Morgan fingerprint density at radius 2 is 0.885 bits per heavy atom. The molecule has 0 aliphatic heterocycles. The minimum atomic E-state index is -5.08. The molecule has 9 amide bonds. The average molecular weight is 987 g/mol. The topological polar surface area (TPSA) is 330 Å². The van der Waals surface area contributed by atoms with Crippen LogP contribution in [0.15, 0.2) is 24.3 Å². The van der Waals surface area contributed by atoms with E-state index in [1.54, 1.807) is 24.3 Å². The molecule has 25 heteroatoms. The molecule has 0 heterocycles. The monoisotopic (exact) mass is 986 g/mol. The highest BCUT2D eigenvalue weighted by molar-refractivity contribution is 14.1. The highest BCUT2D eigenvalue weighted by Gasteiger charge is 2.41. The van der Waals surface area contributed by atoms with E-state index >= 15 is 0 Å². The third-order valence-electron chi connectivity index (χ3n) is 8.03. The molecule has 0 saturated carbocycles. The summed E-state index contributed by atoms with van der Waals surface area (Å²) in [4.78, 5) is 125. The lowest BCUT2D eigenvalue weighted by atomic mass is 10.0. The number of carbonyl (C=O) groups excluding carboxylic acids is 9. The molecular weight excluding hydrogens is 932 g/mol. The van der Waals surface area contributed by atoms with Gasteiger partial charge in [-0.1, -0.05) is 0 Å². The van der Waals surface area contributed by atoms with Gasteiger partial charge in [0.25, 0.3) is 5.91 Å². The molecule has 1 aromatic rings. The van der Waals surface area contributed by atoms with Crippen LogP contribution in [-0.4, -0.2) is 129 Å². The molecule has 0 fully saturated rings. The van der Waals surface area contributed by atoms with Gasteiger partial charge in [0.15, 0.2) is 0 Å². The highest BCUT2D eigenvalue weighted by atomic mass is 127. The summed E-state index contributed by atoms with van der Waals surface area (Å²) in [7, 11) is 0. The number of carboxylic acid groups (broad SMARTS) is 1. The Hall–Kier alpha value is -5.44. The van der Waals surface area contributed by atoms with Gasteiger partial charge in [-0.25, -0.2) is 4.79 Å². The molecule has 0 bridgehead atoms. The number of anilines is 1. The van der Waals surface area contributed by atoms with E-state index in [1.165, 1.54) is 69.2 Å². The Bertz CT molecular complexity index is 1790. The summed E-state index contributed by atoms with van der Waals surface area (Å²) >= 11 is 2.10. The molecule has 61 heavy (non-hydrogen) atoms. The maximum Gasteiger partial charge on any atom is 0.490 e. The van der Waals surface area contributed by atoms with Gasteiger partial charge in [0.2, 0.25) is 47.3 Å². The molecule has 8 atom stereocenters. The van der Waals surface area contributed by atoms with E-state index in [0.717, 1.165) is 3.57 Å². The highest BCUT2D eigenvalue weighted by Crippen LogP contribution is 2.16. The van der Waals surface area contributed by atoms with Crippen molar-refractivity contribution in [1.82, 2.24) is 36.8 Å². The minimum absolute atomic E-state index is 0.433. The molecule has 0 aliphatic carbocycles. The summed E-state index contributed by atoms with van der Waals surface area (Å²) in [5.41, 5.74) is 10.4. The number of alkyl halides is 3. The van der Waals surface area contributed by atoms with Gasteiger partial charge < -0.3 is 53.8 Å². The second kappa shape index (κ2) is 24.1. The Balaban J connectivity index is 0.00000470. The van der Waals surface area contributed by atoms with Gasteiger partial charge in [-0.2, -0.15) is 13.2 Å². The van der Waals surface area contributed by atoms with E-state index in [4.69, 9.17) is 21.4 Å². The summed E-state index contributed by atoms with van der Waals surface area (Å²) in [5, 5.41) is 24.2. The number of amides is 9. The van der Waals surface area contributed by atoms with Crippen molar-refractivity contribution < 1.29 is 66.2 Å². The molecule has 0 radical (unpaired) electrons. The number of nitrogens with zero attached hydrogens (tertiary/aromatic N) is 1. The molecule has 0 aliphatic rings. The van der Waals surface area contributed by atoms with Crippen molar-refractivity contribution in [3.05, 3.63) is 27.8 Å². The Morgan fingerprint density at radius 1 is 0.590 bits per heavy atom. The van der Waals surface area contributed by atoms with Gasteiger partial charge in [-0.15, -0.1) is 0 Å². The van der Waals surface area contributed by atoms with Gasteiger partial charge in [0.05, 0.1) is 11.6 Å². The van der Waals surface area contributed by atoms with Crippen molar-refractivity contribution in [3.63, 3.8) is 0 Å². The zero-order chi connectivity index (χ0) is 47.9. The summed E-state index contributed by atoms with van der Waals surface area (Å²) in [5.74, 6) is -9.53. The fourth-order valence-corrected chi connectivity index (χ4v) is 4.67. The number of carboxylic acids is 1. The molecule has 1 aromatic carbocycles. The summed E-state index contributed by atoms with van der Waals surface area (Å²) in [6.07, 6.45) is -5.08. The second-order valence-electron chi connectivity index (χ2n) is 14.4. The predicted octanol–water partition coefficient (Wildman–Crippen LogP) is -1.28. The van der Waals surface area contributed by atoms with Gasteiger partial charge in [0, 0.05) is 9.26 Å². The number of rotatable bonds is 17. The fraction of sp³-hybridized carbons (Fsp3) is 0.556. The van der Waals surface area contributed by atoms with Gasteiger partial charge >= 0.3 is 12.1 Å². The van der Waals surface area contributed by atoms with E-state index < -0.39 is 119 Å². The normalized spacial score (nSPS) is 15.1. The van der Waals surface area contributed by atoms with Crippen molar-refractivity contribution in [2.24, 2.45) is 11.5 Å². The summed E-state index contributed by atoms with van der Waals surface area (Å²) in [6.45, 7) is 13.6. The lowest BCUT2D eigenvalue weighted by Crippen LogP contribution is -2.62. The maximum atomic E-state index is 13.6. The van der Waals surface area contributed by atoms with Crippen LogP contribution in [0.5, 0.6) is 0 Å². The van der Waals surface area contributed by atoms with Crippen molar-refractivity contribution in [2.75, 3.05) is 5.32 Å². The molecule has 21 nitrogen and oxygen atoms in total. The Labute approximate surface area is 363 Å². The van der Waals surface area contributed by atoms with E-state index in [9.17, 15) is 56.3 Å². The first-order chi connectivity index (χ1) is 27.7. The fourth-order valence-electron chi connectivity index (χ4n) is 4.31. The number of imide groups is 1. The molecule has 0 spiro atoms. The first-order valence-corrected chi connectivity index (χ1v) is 19.4. The van der Waals surface area contributed by atoms with E-state index in [1.807, 2.05) is 0 Å². The van der Waals surface area contributed by atoms with E-state index in [-0.39, 0.29) is 0 Å². The van der Waals surface area contributed by atoms with Crippen LogP contribution in [-0.2, 0) is 47.9 Å².